The van der Waals surface area contributed by atoms with Crippen molar-refractivity contribution in [2.75, 3.05) is 37.6 Å². The standard InChI is InChI=1S/C17H21FN4O/c1-3-21-6-8-22(9-7-21)16-11-17(20-12-19-16)23-15-5-4-14(18)10-13(15)2/h4-5,10-12H,3,6-9H2,1-2H3. The van der Waals surface area contributed by atoms with Gasteiger partial charge in [0.2, 0.25) is 5.88 Å². The highest BCUT2D eigenvalue weighted by atomic mass is 19.1. The van der Waals surface area contributed by atoms with Crippen LogP contribution in [-0.2, 0) is 0 Å². The third kappa shape index (κ3) is 3.76. The van der Waals surface area contributed by atoms with Crippen molar-refractivity contribution in [2.45, 2.75) is 13.8 Å². The van der Waals surface area contributed by atoms with Gasteiger partial charge in [0.15, 0.2) is 0 Å². The Balaban J connectivity index is 1.72. The number of benzene rings is 1. The maximum atomic E-state index is 13.2. The largest absolute Gasteiger partial charge is 0.439 e. The lowest BCUT2D eigenvalue weighted by atomic mass is 10.2. The van der Waals surface area contributed by atoms with Crippen LogP contribution in [0.2, 0.25) is 0 Å². The van der Waals surface area contributed by atoms with Crippen LogP contribution >= 0.6 is 0 Å². The average molecular weight is 316 g/mol. The minimum atomic E-state index is -0.271. The van der Waals surface area contributed by atoms with Gasteiger partial charge in [-0.1, -0.05) is 6.92 Å². The van der Waals surface area contributed by atoms with Crippen molar-refractivity contribution < 1.29 is 9.13 Å². The molecule has 122 valence electrons. The fourth-order valence-electron chi connectivity index (χ4n) is 2.69. The number of piperazine rings is 1. The molecule has 0 bridgehead atoms. The molecule has 1 aromatic carbocycles. The summed E-state index contributed by atoms with van der Waals surface area (Å²) in [7, 11) is 0. The first kappa shape index (κ1) is 15.7. The number of hydrogen-bond donors (Lipinski definition) is 0. The third-order valence-corrected chi connectivity index (χ3v) is 4.12. The average Bonchev–Trinajstić information content (AvgIpc) is 2.58. The van der Waals surface area contributed by atoms with Crippen LogP contribution in [0.15, 0.2) is 30.6 Å². The van der Waals surface area contributed by atoms with Gasteiger partial charge in [-0.3, -0.25) is 0 Å². The van der Waals surface area contributed by atoms with E-state index in [-0.39, 0.29) is 5.82 Å². The van der Waals surface area contributed by atoms with Gasteiger partial charge in [-0.25, -0.2) is 14.4 Å². The normalized spacial score (nSPS) is 15.7. The molecule has 1 fully saturated rings. The van der Waals surface area contributed by atoms with Crippen molar-refractivity contribution in [3.8, 4) is 11.6 Å². The SMILES string of the molecule is CCN1CCN(c2cc(Oc3ccc(F)cc3C)ncn2)CC1. The van der Waals surface area contributed by atoms with Gasteiger partial charge in [0.25, 0.3) is 0 Å². The second-order valence-corrected chi connectivity index (χ2v) is 5.65. The van der Waals surface area contributed by atoms with Gasteiger partial charge >= 0.3 is 0 Å². The number of rotatable bonds is 4. The summed E-state index contributed by atoms with van der Waals surface area (Å²) in [6.45, 7) is 9.03. The minimum Gasteiger partial charge on any atom is -0.439 e. The molecule has 3 rings (SSSR count). The van der Waals surface area contributed by atoms with Crippen molar-refractivity contribution >= 4 is 5.82 Å². The number of hydrogen-bond acceptors (Lipinski definition) is 5. The smallest absolute Gasteiger partial charge is 0.224 e. The number of aromatic nitrogens is 2. The van der Waals surface area contributed by atoms with Crippen LogP contribution in [0.3, 0.4) is 0 Å². The van der Waals surface area contributed by atoms with E-state index in [1.165, 1.54) is 18.5 Å². The van der Waals surface area contributed by atoms with Gasteiger partial charge in [0.1, 0.15) is 23.7 Å². The molecule has 0 aliphatic carbocycles. The van der Waals surface area contributed by atoms with E-state index >= 15 is 0 Å². The van der Waals surface area contributed by atoms with E-state index in [0.29, 0.717) is 11.6 Å². The molecule has 5 nitrogen and oxygen atoms in total. The first-order chi connectivity index (χ1) is 11.2. The molecule has 1 aliphatic heterocycles. The minimum absolute atomic E-state index is 0.271. The summed E-state index contributed by atoms with van der Waals surface area (Å²) in [4.78, 5) is 13.2. The second kappa shape index (κ2) is 6.91. The van der Waals surface area contributed by atoms with Gasteiger partial charge in [-0.05, 0) is 37.2 Å². The molecule has 0 saturated carbocycles. The van der Waals surface area contributed by atoms with Gasteiger partial charge in [0.05, 0.1) is 0 Å². The Hall–Kier alpha value is -2.21. The molecule has 23 heavy (non-hydrogen) atoms. The zero-order valence-corrected chi connectivity index (χ0v) is 13.5. The molecule has 2 aromatic rings. The second-order valence-electron chi connectivity index (χ2n) is 5.65. The van der Waals surface area contributed by atoms with E-state index in [0.717, 1.165) is 44.1 Å². The van der Waals surface area contributed by atoms with Gasteiger partial charge in [-0.2, -0.15) is 0 Å². The summed E-state index contributed by atoms with van der Waals surface area (Å²) < 4.78 is 18.9. The summed E-state index contributed by atoms with van der Waals surface area (Å²) in [5.74, 6) is 1.67. The molecule has 0 atom stereocenters. The lowest BCUT2D eigenvalue weighted by molar-refractivity contribution is 0.270. The lowest BCUT2D eigenvalue weighted by Gasteiger charge is -2.34. The zero-order chi connectivity index (χ0) is 16.2. The number of aryl methyl sites for hydroxylation is 1. The molecule has 0 unspecified atom stereocenters. The predicted octanol–water partition coefficient (Wildman–Crippen LogP) is 2.86. The number of anilines is 1. The molecule has 0 N–H and O–H groups in total. The van der Waals surface area contributed by atoms with Crippen molar-refractivity contribution in [3.05, 3.63) is 42.0 Å². The molecular formula is C17H21FN4O. The van der Waals surface area contributed by atoms with Crippen molar-refractivity contribution in [1.29, 1.82) is 0 Å². The molecule has 0 spiro atoms. The number of nitrogens with zero attached hydrogens (tertiary/aromatic N) is 4. The summed E-state index contributed by atoms with van der Waals surface area (Å²) in [5, 5.41) is 0. The van der Waals surface area contributed by atoms with Crippen molar-refractivity contribution in [3.63, 3.8) is 0 Å². The highest BCUT2D eigenvalue weighted by Gasteiger charge is 2.17. The molecule has 0 amide bonds. The molecule has 1 aliphatic rings. The van der Waals surface area contributed by atoms with Crippen LogP contribution in [0.4, 0.5) is 10.2 Å². The molecule has 0 radical (unpaired) electrons. The van der Waals surface area contributed by atoms with E-state index in [2.05, 4.69) is 26.7 Å². The van der Waals surface area contributed by atoms with E-state index < -0.39 is 0 Å². The highest BCUT2D eigenvalue weighted by Crippen LogP contribution is 2.26. The number of likely N-dealkylation sites (N-methyl/N-ethyl adjacent to an activating group) is 1. The monoisotopic (exact) mass is 316 g/mol. The molecule has 1 saturated heterocycles. The maximum Gasteiger partial charge on any atom is 0.224 e. The summed E-state index contributed by atoms with van der Waals surface area (Å²) in [6.07, 6.45) is 1.51. The highest BCUT2D eigenvalue weighted by molar-refractivity contribution is 5.43. The first-order valence-corrected chi connectivity index (χ1v) is 7.89. The van der Waals surface area contributed by atoms with Crippen LogP contribution < -0.4 is 9.64 Å². The first-order valence-electron chi connectivity index (χ1n) is 7.89. The molecular weight excluding hydrogens is 295 g/mol. The fourth-order valence-corrected chi connectivity index (χ4v) is 2.69. The van der Waals surface area contributed by atoms with Gasteiger partial charge in [0, 0.05) is 32.2 Å². The topological polar surface area (TPSA) is 41.5 Å². The van der Waals surface area contributed by atoms with Crippen LogP contribution in [0.5, 0.6) is 11.6 Å². The summed E-state index contributed by atoms with van der Waals surface area (Å²) in [5.41, 5.74) is 0.738. The zero-order valence-electron chi connectivity index (χ0n) is 13.5. The summed E-state index contributed by atoms with van der Waals surface area (Å²) in [6, 6.07) is 6.28. The summed E-state index contributed by atoms with van der Waals surface area (Å²) >= 11 is 0. The van der Waals surface area contributed by atoms with Crippen LogP contribution in [0.25, 0.3) is 0 Å². The van der Waals surface area contributed by atoms with Gasteiger partial charge in [-0.15, -0.1) is 0 Å². The molecule has 6 heteroatoms. The van der Waals surface area contributed by atoms with Crippen LogP contribution in [-0.4, -0.2) is 47.6 Å². The van der Waals surface area contributed by atoms with Crippen molar-refractivity contribution in [2.24, 2.45) is 0 Å². The van der Waals surface area contributed by atoms with Crippen LogP contribution in [0, 0.1) is 12.7 Å². The quantitative estimate of drug-likeness (QED) is 0.867. The third-order valence-electron chi connectivity index (χ3n) is 4.12. The Labute approximate surface area is 135 Å². The van der Waals surface area contributed by atoms with E-state index in [9.17, 15) is 4.39 Å². The van der Waals surface area contributed by atoms with E-state index in [4.69, 9.17) is 4.74 Å². The van der Waals surface area contributed by atoms with E-state index in [1.807, 2.05) is 13.0 Å². The predicted molar refractivity (Wildman–Crippen MR) is 87.6 cm³/mol. The Bertz CT molecular complexity index is 671. The maximum absolute atomic E-state index is 13.2. The lowest BCUT2D eigenvalue weighted by Crippen LogP contribution is -2.46. The van der Waals surface area contributed by atoms with E-state index in [1.54, 1.807) is 6.07 Å². The Morgan fingerprint density at radius 3 is 2.61 bits per heavy atom. The Kier molecular flexibility index (Phi) is 4.71. The Morgan fingerprint density at radius 1 is 1.13 bits per heavy atom. The number of halogens is 1. The van der Waals surface area contributed by atoms with Crippen LogP contribution in [0.1, 0.15) is 12.5 Å². The van der Waals surface area contributed by atoms with Crippen molar-refractivity contribution in [1.82, 2.24) is 14.9 Å². The fraction of sp³-hybridized carbons (Fsp3) is 0.412. The van der Waals surface area contributed by atoms with Gasteiger partial charge < -0.3 is 14.5 Å². The number of ether oxygens (including phenoxy) is 1. The molecule has 1 aromatic heterocycles. The molecule has 2 heterocycles. The Morgan fingerprint density at radius 2 is 1.91 bits per heavy atom.